The van der Waals surface area contributed by atoms with Crippen molar-refractivity contribution in [3.05, 3.63) is 36.7 Å². The molecule has 0 unspecified atom stereocenters. The minimum atomic E-state index is -0.617. The van der Waals surface area contributed by atoms with Crippen LogP contribution in [0, 0.1) is 0 Å². The molecule has 3 heterocycles. The second kappa shape index (κ2) is 6.21. The first kappa shape index (κ1) is 15.6. The van der Waals surface area contributed by atoms with Crippen molar-refractivity contribution in [1.29, 1.82) is 0 Å². The lowest BCUT2D eigenvalue weighted by atomic mass is 10.2. The molecule has 0 saturated carbocycles. The number of β-amino-alcohol motifs (C(OH)–C–C–N with tert-alkyl or cyclic N) is 1. The monoisotopic (exact) mass is 340 g/mol. The molecule has 4 rings (SSSR count). The number of para-hydroxylation sites is 1. The second-order valence-electron chi connectivity index (χ2n) is 6.12. The normalized spacial score (nSPS) is 20.2. The summed E-state index contributed by atoms with van der Waals surface area (Å²) in [6, 6.07) is 7.85. The summed E-state index contributed by atoms with van der Waals surface area (Å²) in [5.74, 6) is 2.00. The summed E-state index contributed by atoms with van der Waals surface area (Å²) in [6.45, 7) is 0.935. The van der Waals surface area contributed by atoms with E-state index in [1.807, 2.05) is 43.3 Å². The summed E-state index contributed by atoms with van der Waals surface area (Å²) in [6.07, 6.45) is 2.45. The van der Waals surface area contributed by atoms with Gasteiger partial charge in [0.25, 0.3) is 0 Å². The van der Waals surface area contributed by atoms with E-state index >= 15 is 0 Å². The van der Waals surface area contributed by atoms with Crippen molar-refractivity contribution < 1.29 is 9.84 Å². The van der Waals surface area contributed by atoms with Crippen molar-refractivity contribution in [2.75, 3.05) is 30.4 Å². The van der Waals surface area contributed by atoms with Gasteiger partial charge in [0.05, 0.1) is 31.0 Å². The zero-order valence-electron chi connectivity index (χ0n) is 14.1. The lowest BCUT2D eigenvalue weighted by Gasteiger charge is -2.18. The average molecular weight is 340 g/mol. The summed E-state index contributed by atoms with van der Waals surface area (Å²) >= 11 is 0. The molecule has 25 heavy (non-hydrogen) atoms. The Morgan fingerprint density at radius 2 is 2.08 bits per heavy atom. The van der Waals surface area contributed by atoms with Crippen molar-refractivity contribution >= 4 is 22.7 Å². The molecule has 1 fully saturated rings. The fourth-order valence-corrected chi connectivity index (χ4v) is 3.07. The van der Waals surface area contributed by atoms with Crippen molar-refractivity contribution in [1.82, 2.24) is 19.7 Å². The number of nitrogens with one attached hydrogen (secondary N) is 1. The number of anilines is 2. The van der Waals surface area contributed by atoms with Crippen LogP contribution in [-0.4, -0.2) is 57.2 Å². The molecule has 1 aromatic carbocycles. The highest BCUT2D eigenvalue weighted by atomic mass is 16.5. The Hall–Kier alpha value is -2.87. The highest BCUT2D eigenvalue weighted by Gasteiger charge is 2.35. The third kappa shape index (κ3) is 2.96. The van der Waals surface area contributed by atoms with Gasteiger partial charge in [0, 0.05) is 19.5 Å². The molecule has 2 atom stereocenters. The number of aromatic nitrogens is 4. The number of hydrogen-bond acceptors (Lipinski definition) is 7. The topological polar surface area (TPSA) is 88.3 Å². The number of fused-ring (bicyclic) bond motifs is 1. The van der Waals surface area contributed by atoms with Crippen molar-refractivity contribution in [2.45, 2.75) is 12.2 Å². The van der Waals surface area contributed by atoms with Crippen LogP contribution in [0.4, 0.5) is 11.8 Å². The Bertz CT molecular complexity index is 896. The number of aliphatic hydroxyl groups excluding tert-OH is 1. The van der Waals surface area contributed by atoms with E-state index in [1.165, 1.54) is 0 Å². The van der Waals surface area contributed by atoms with Crippen LogP contribution in [0.15, 0.2) is 36.7 Å². The van der Waals surface area contributed by atoms with Crippen LogP contribution in [0.1, 0.15) is 0 Å². The van der Waals surface area contributed by atoms with Crippen LogP contribution in [0.2, 0.25) is 0 Å². The summed E-state index contributed by atoms with van der Waals surface area (Å²) in [7, 11) is 3.66. The third-order valence-corrected chi connectivity index (χ3v) is 4.32. The molecule has 2 aromatic heterocycles. The van der Waals surface area contributed by atoms with Gasteiger partial charge in [-0.1, -0.05) is 12.1 Å². The fraction of sp³-hybridized carbons (Fsp3) is 0.353. The summed E-state index contributed by atoms with van der Waals surface area (Å²) < 4.78 is 7.52. The van der Waals surface area contributed by atoms with Crippen LogP contribution >= 0.6 is 0 Å². The molecule has 0 radical (unpaired) electrons. The number of aryl methyl sites for hydroxylation is 1. The van der Waals surface area contributed by atoms with Gasteiger partial charge in [0.15, 0.2) is 5.75 Å². The molecule has 1 aliphatic rings. The van der Waals surface area contributed by atoms with Gasteiger partial charge >= 0.3 is 0 Å². The Morgan fingerprint density at radius 1 is 1.24 bits per heavy atom. The lowest BCUT2D eigenvalue weighted by Crippen LogP contribution is -2.29. The first-order valence-corrected chi connectivity index (χ1v) is 8.17. The predicted octanol–water partition coefficient (Wildman–Crippen LogP) is 1.03. The number of aliphatic hydroxyl groups is 1. The summed E-state index contributed by atoms with van der Waals surface area (Å²) in [5.41, 5.74) is 0.864. The van der Waals surface area contributed by atoms with Crippen LogP contribution in [-0.2, 0) is 7.05 Å². The molecule has 8 heteroatoms. The molecule has 8 nitrogen and oxygen atoms in total. The van der Waals surface area contributed by atoms with Gasteiger partial charge in [-0.3, -0.25) is 4.68 Å². The number of ether oxygens (including phenoxy) is 1. The molecule has 1 aliphatic heterocycles. The van der Waals surface area contributed by atoms with Gasteiger partial charge in [-0.2, -0.15) is 10.1 Å². The van der Waals surface area contributed by atoms with Crippen LogP contribution < -0.4 is 15.0 Å². The molecular formula is C17H20N6O2. The van der Waals surface area contributed by atoms with Crippen molar-refractivity contribution in [3.63, 3.8) is 0 Å². The minimum absolute atomic E-state index is 0.350. The van der Waals surface area contributed by atoms with E-state index in [9.17, 15) is 5.11 Å². The zero-order valence-corrected chi connectivity index (χ0v) is 14.1. The lowest BCUT2D eigenvalue weighted by molar-refractivity contribution is 0.0737. The molecule has 0 amide bonds. The molecule has 0 spiro atoms. The van der Waals surface area contributed by atoms with E-state index in [0.29, 0.717) is 24.8 Å². The largest absolute Gasteiger partial charge is 0.482 e. The first-order valence-electron chi connectivity index (χ1n) is 8.17. The summed E-state index contributed by atoms with van der Waals surface area (Å²) in [5, 5.41) is 18.5. The zero-order chi connectivity index (χ0) is 17.4. The Morgan fingerprint density at radius 3 is 2.84 bits per heavy atom. The molecule has 0 aliphatic carbocycles. The maximum Gasteiger partial charge on any atom is 0.228 e. The standard InChI is InChI=1S/C17H20N6O2/c1-18-16-12-5-3-4-6-13(12)20-17(21-16)23-9-14(24)15(10-23)25-11-7-19-22(2)8-11/h3-8,14-15,24H,9-10H2,1-2H3,(H,18,20,21)/t14-,15-/m1/s1. The van der Waals surface area contributed by atoms with E-state index in [2.05, 4.69) is 20.4 Å². The van der Waals surface area contributed by atoms with Gasteiger partial charge < -0.3 is 20.1 Å². The van der Waals surface area contributed by atoms with E-state index in [0.717, 1.165) is 16.7 Å². The third-order valence-electron chi connectivity index (χ3n) is 4.32. The highest BCUT2D eigenvalue weighted by Crippen LogP contribution is 2.26. The van der Waals surface area contributed by atoms with Crippen molar-refractivity contribution in [3.8, 4) is 5.75 Å². The number of nitrogens with zero attached hydrogens (tertiary/aromatic N) is 5. The fourth-order valence-electron chi connectivity index (χ4n) is 3.07. The maximum atomic E-state index is 10.4. The Balaban J connectivity index is 1.59. The first-order chi connectivity index (χ1) is 12.1. The van der Waals surface area contributed by atoms with E-state index < -0.39 is 6.10 Å². The Kier molecular flexibility index (Phi) is 3.89. The van der Waals surface area contributed by atoms with Gasteiger partial charge in [0.1, 0.15) is 18.0 Å². The maximum absolute atomic E-state index is 10.4. The SMILES string of the molecule is CNc1nc(N2C[C@@H](O)[C@H](Oc3cnn(C)c3)C2)nc2ccccc12. The van der Waals surface area contributed by atoms with E-state index in [4.69, 9.17) is 4.74 Å². The second-order valence-corrected chi connectivity index (χ2v) is 6.12. The minimum Gasteiger partial charge on any atom is -0.482 e. The molecule has 0 bridgehead atoms. The quantitative estimate of drug-likeness (QED) is 0.733. The van der Waals surface area contributed by atoms with Crippen LogP contribution in [0.25, 0.3) is 10.9 Å². The molecule has 3 aromatic rings. The predicted molar refractivity (Wildman–Crippen MR) is 94.9 cm³/mol. The highest BCUT2D eigenvalue weighted by molar-refractivity contribution is 5.90. The summed E-state index contributed by atoms with van der Waals surface area (Å²) in [4.78, 5) is 11.2. The van der Waals surface area contributed by atoms with Gasteiger partial charge in [-0.25, -0.2) is 4.98 Å². The average Bonchev–Trinajstić information content (AvgIpc) is 3.20. The van der Waals surface area contributed by atoms with Crippen LogP contribution in [0.5, 0.6) is 5.75 Å². The van der Waals surface area contributed by atoms with E-state index in [-0.39, 0.29) is 6.10 Å². The number of hydrogen-bond donors (Lipinski definition) is 2. The van der Waals surface area contributed by atoms with Crippen molar-refractivity contribution in [2.24, 2.45) is 7.05 Å². The Labute approximate surface area is 145 Å². The van der Waals surface area contributed by atoms with Gasteiger partial charge in [-0.05, 0) is 12.1 Å². The molecule has 1 saturated heterocycles. The van der Waals surface area contributed by atoms with Crippen LogP contribution in [0.3, 0.4) is 0 Å². The smallest absolute Gasteiger partial charge is 0.228 e. The van der Waals surface area contributed by atoms with Gasteiger partial charge in [-0.15, -0.1) is 0 Å². The molecule has 130 valence electrons. The molecule has 2 N–H and O–H groups in total. The number of benzene rings is 1. The van der Waals surface area contributed by atoms with E-state index in [1.54, 1.807) is 17.1 Å². The number of rotatable bonds is 4. The van der Waals surface area contributed by atoms with Gasteiger partial charge in [0.2, 0.25) is 5.95 Å². The molecular weight excluding hydrogens is 320 g/mol.